The molecule has 0 amide bonds. The molecular formula is C11H13N5O. The van der Waals surface area contributed by atoms with E-state index >= 15 is 0 Å². The lowest BCUT2D eigenvalue weighted by atomic mass is 9.89. The van der Waals surface area contributed by atoms with Gasteiger partial charge in [-0.15, -0.1) is 0 Å². The summed E-state index contributed by atoms with van der Waals surface area (Å²) in [6.45, 7) is 1.34. The van der Waals surface area contributed by atoms with Crippen LogP contribution in [0.2, 0.25) is 0 Å². The number of hydrogen-bond donors (Lipinski definition) is 2. The molecule has 0 spiro atoms. The van der Waals surface area contributed by atoms with E-state index in [0.29, 0.717) is 24.7 Å². The Morgan fingerprint density at radius 1 is 1.29 bits per heavy atom. The molecule has 1 saturated carbocycles. The number of hydrogen-bond acceptors (Lipinski definition) is 5. The topological polar surface area (TPSA) is 77.9 Å². The first-order valence-electron chi connectivity index (χ1n) is 5.88. The van der Waals surface area contributed by atoms with Gasteiger partial charge in [0, 0.05) is 0 Å². The van der Waals surface area contributed by atoms with Crippen LogP contribution in [0.25, 0.3) is 11.2 Å². The number of anilines is 1. The zero-order chi connectivity index (χ0) is 11.5. The summed E-state index contributed by atoms with van der Waals surface area (Å²) in [4.78, 5) is 17.6. The molecule has 0 radical (unpaired) electrons. The normalized spacial score (nSPS) is 22.8. The molecule has 88 valence electrons. The number of β-amino-alcohol motifs (C(OH)–C–C–N with tert-alkyl or cyclic N) is 1. The van der Waals surface area contributed by atoms with Crippen LogP contribution >= 0.6 is 0 Å². The lowest BCUT2D eigenvalue weighted by Crippen LogP contribution is -2.63. The minimum Gasteiger partial charge on any atom is -0.386 e. The summed E-state index contributed by atoms with van der Waals surface area (Å²) >= 11 is 0. The monoisotopic (exact) mass is 231 g/mol. The molecule has 0 atom stereocenters. The number of aromatic nitrogens is 4. The smallest absolute Gasteiger partial charge is 0.182 e. The molecule has 2 N–H and O–H groups in total. The van der Waals surface area contributed by atoms with Gasteiger partial charge < -0.3 is 15.0 Å². The number of fused-ring (bicyclic) bond motifs is 1. The van der Waals surface area contributed by atoms with E-state index in [1.54, 1.807) is 6.33 Å². The van der Waals surface area contributed by atoms with Gasteiger partial charge in [0.25, 0.3) is 0 Å². The van der Waals surface area contributed by atoms with Gasteiger partial charge in [-0.3, -0.25) is 0 Å². The van der Waals surface area contributed by atoms with Crippen LogP contribution in [-0.4, -0.2) is 43.7 Å². The van der Waals surface area contributed by atoms with Crippen molar-refractivity contribution in [2.24, 2.45) is 5.92 Å². The number of nitrogens with zero attached hydrogens (tertiary/aromatic N) is 4. The quantitative estimate of drug-likeness (QED) is 0.778. The van der Waals surface area contributed by atoms with E-state index in [1.165, 1.54) is 6.33 Å². The van der Waals surface area contributed by atoms with E-state index in [0.717, 1.165) is 24.2 Å². The maximum absolute atomic E-state index is 10.3. The van der Waals surface area contributed by atoms with Crippen molar-refractivity contribution in [3.63, 3.8) is 0 Å². The fourth-order valence-electron chi connectivity index (χ4n) is 2.64. The lowest BCUT2D eigenvalue weighted by Gasteiger charge is -2.47. The lowest BCUT2D eigenvalue weighted by molar-refractivity contribution is -0.00959. The van der Waals surface area contributed by atoms with Crippen LogP contribution in [0.3, 0.4) is 0 Å². The Kier molecular flexibility index (Phi) is 1.62. The van der Waals surface area contributed by atoms with Gasteiger partial charge in [0.15, 0.2) is 11.5 Å². The number of aromatic amines is 1. The molecular weight excluding hydrogens is 218 g/mol. The van der Waals surface area contributed by atoms with Gasteiger partial charge in [0.05, 0.1) is 19.4 Å². The number of aliphatic hydroxyl groups is 1. The Balaban J connectivity index is 1.66. The minimum atomic E-state index is -0.489. The Morgan fingerprint density at radius 2 is 2.12 bits per heavy atom. The first kappa shape index (κ1) is 9.35. The van der Waals surface area contributed by atoms with Gasteiger partial charge in [-0.2, -0.15) is 0 Å². The molecule has 2 fully saturated rings. The van der Waals surface area contributed by atoms with E-state index < -0.39 is 5.60 Å². The van der Waals surface area contributed by atoms with E-state index in [-0.39, 0.29) is 0 Å². The predicted molar refractivity (Wildman–Crippen MR) is 61.6 cm³/mol. The minimum absolute atomic E-state index is 0.489. The van der Waals surface area contributed by atoms with E-state index in [9.17, 15) is 5.11 Å². The summed E-state index contributed by atoms with van der Waals surface area (Å²) in [5.74, 6) is 1.34. The van der Waals surface area contributed by atoms with Gasteiger partial charge in [-0.1, -0.05) is 0 Å². The molecule has 1 aliphatic heterocycles. The molecule has 2 aliphatic rings. The van der Waals surface area contributed by atoms with Crippen molar-refractivity contribution in [2.75, 3.05) is 18.0 Å². The maximum Gasteiger partial charge on any atom is 0.182 e. The molecule has 0 aromatic carbocycles. The number of rotatable bonds is 2. The first-order chi connectivity index (χ1) is 8.26. The summed E-state index contributed by atoms with van der Waals surface area (Å²) in [6.07, 6.45) is 5.46. The average molecular weight is 231 g/mol. The zero-order valence-corrected chi connectivity index (χ0v) is 9.30. The third-order valence-electron chi connectivity index (χ3n) is 3.77. The van der Waals surface area contributed by atoms with Crippen LogP contribution in [-0.2, 0) is 0 Å². The number of H-pyrrole nitrogens is 1. The van der Waals surface area contributed by atoms with Crippen LogP contribution in [0.15, 0.2) is 12.7 Å². The highest BCUT2D eigenvalue weighted by atomic mass is 16.3. The molecule has 1 saturated heterocycles. The second-order valence-electron chi connectivity index (χ2n) is 5.03. The highest BCUT2D eigenvalue weighted by molar-refractivity contribution is 5.83. The van der Waals surface area contributed by atoms with Crippen molar-refractivity contribution < 1.29 is 5.11 Å². The third-order valence-corrected chi connectivity index (χ3v) is 3.77. The summed E-state index contributed by atoms with van der Waals surface area (Å²) < 4.78 is 0. The van der Waals surface area contributed by atoms with Crippen LogP contribution < -0.4 is 4.90 Å². The zero-order valence-electron chi connectivity index (χ0n) is 9.30. The van der Waals surface area contributed by atoms with Crippen molar-refractivity contribution in [3.05, 3.63) is 12.7 Å². The molecule has 2 aromatic rings. The van der Waals surface area contributed by atoms with Gasteiger partial charge in [0.2, 0.25) is 0 Å². The van der Waals surface area contributed by atoms with Gasteiger partial charge in [0.1, 0.15) is 17.4 Å². The Hall–Kier alpha value is -1.69. The molecule has 0 bridgehead atoms. The number of imidazole rings is 1. The van der Waals surface area contributed by atoms with Crippen molar-refractivity contribution >= 4 is 17.0 Å². The van der Waals surface area contributed by atoms with Crippen molar-refractivity contribution in [1.82, 2.24) is 19.9 Å². The highest BCUT2D eigenvalue weighted by Gasteiger charge is 2.52. The first-order valence-corrected chi connectivity index (χ1v) is 5.88. The third kappa shape index (κ3) is 1.27. The van der Waals surface area contributed by atoms with Crippen molar-refractivity contribution in [3.8, 4) is 0 Å². The Labute approximate surface area is 97.7 Å². The second-order valence-corrected chi connectivity index (χ2v) is 5.03. The average Bonchev–Trinajstić information content (AvgIpc) is 3.03. The van der Waals surface area contributed by atoms with Gasteiger partial charge >= 0.3 is 0 Å². The summed E-state index contributed by atoms with van der Waals surface area (Å²) in [6, 6.07) is 0. The fourth-order valence-corrected chi connectivity index (χ4v) is 2.64. The maximum atomic E-state index is 10.3. The summed E-state index contributed by atoms with van der Waals surface area (Å²) in [5.41, 5.74) is 1.04. The molecule has 0 unspecified atom stereocenters. The van der Waals surface area contributed by atoms with Gasteiger partial charge in [-0.05, 0) is 18.8 Å². The molecule has 17 heavy (non-hydrogen) atoms. The Morgan fingerprint density at radius 3 is 2.88 bits per heavy atom. The number of nitrogens with one attached hydrogen (secondary N) is 1. The molecule has 4 rings (SSSR count). The van der Waals surface area contributed by atoms with E-state index in [4.69, 9.17) is 0 Å². The van der Waals surface area contributed by atoms with Crippen molar-refractivity contribution in [2.45, 2.75) is 18.4 Å². The molecule has 3 heterocycles. The Bertz CT molecular complexity index is 570. The van der Waals surface area contributed by atoms with E-state index in [2.05, 4.69) is 24.8 Å². The molecule has 6 nitrogen and oxygen atoms in total. The van der Waals surface area contributed by atoms with Crippen LogP contribution in [0.5, 0.6) is 0 Å². The van der Waals surface area contributed by atoms with Crippen molar-refractivity contribution in [1.29, 1.82) is 0 Å². The van der Waals surface area contributed by atoms with E-state index in [1.807, 2.05) is 0 Å². The summed E-state index contributed by atoms with van der Waals surface area (Å²) in [5, 5.41) is 10.3. The summed E-state index contributed by atoms with van der Waals surface area (Å²) in [7, 11) is 0. The fraction of sp³-hybridized carbons (Fsp3) is 0.545. The second kappa shape index (κ2) is 2.95. The SMILES string of the molecule is OC1(C2CC2)CN(c2ncnc3nc[nH]c23)C1. The van der Waals surface area contributed by atoms with Crippen LogP contribution in [0, 0.1) is 5.92 Å². The van der Waals surface area contributed by atoms with Crippen LogP contribution in [0.1, 0.15) is 12.8 Å². The van der Waals surface area contributed by atoms with Crippen LogP contribution in [0.4, 0.5) is 5.82 Å². The predicted octanol–water partition coefficient (Wildman–Crippen LogP) is 0.314. The molecule has 2 aromatic heterocycles. The molecule has 6 heteroatoms. The highest BCUT2D eigenvalue weighted by Crippen LogP contribution is 2.45. The molecule has 1 aliphatic carbocycles. The largest absolute Gasteiger partial charge is 0.386 e. The standard InChI is InChI=1S/C11H13N5O/c17-11(7-1-2-7)3-16(4-11)10-8-9(13-5-12-8)14-6-15-10/h5-7,17H,1-4H2,(H,12,13,14,15). The van der Waals surface area contributed by atoms with Gasteiger partial charge in [-0.25, -0.2) is 15.0 Å².